The second-order valence-electron chi connectivity index (χ2n) is 5.09. The van der Waals surface area contributed by atoms with E-state index >= 15 is 0 Å². The molecule has 4 nitrogen and oxygen atoms in total. The van der Waals surface area contributed by atoms with Crippen LogP contribution >= 0.6 is 11.6 Å². The van der Waals surface area contributed by atoms with E-state index in [4.69, 9.17) is 21.4 Å². The first-order valence-corrected chi connectivity index (χ1v) is 7.37. The lowest BCUT2D eigenvalue weighted by molar-refractivity contribution is -0.138. The predicted octanol–water partition coefficient (Wildman–Crippen LogP) is 3.05. The fourth-order valence-corrected chi connectivity index (χ4v) is 2.72. The highest BCUT2D eigenvalue weighted by Crippen LogP contribution is 2.20. The van der Waals surface area contributed by atoms with Gasteiger partial charge in [-0.3, -0.25) is 9.69 Å². The number of benzene rings is 1. The van der Waals surface area contributed by atoms with E-state index in [2.05, 4.69) is 4.90 Å². The third kappa shape index (κ3) is 4.69. The maximum absolute atomic E-state index is 10.9. The van der Waals surface area contributed by atoms with Gasteiger partial charge in [-0.1, -0.05) is 18.0 Å². The zero-order valence-corrected chi connectivity index (χ0v) is 12.2. The van der Waals surface area contributed by atoms with E-state index in [1.807, 2.05) is 12.1 Å². The van der Waals surface area contributed by atoms with Gasteiger partial charge in [0.25, 0.3) is 0 Å². The Labute approximate surface area is 124 Å². The normalized spacial score (nSPS) is 19.8. The minimum absolute atomic E-state index is 0.148. The van der Waals surface area contributed by atoms with Crippen molar-refractivity contribution < 1.29 is 14.6 Å². The molecule has 2 rings (SSSR count). The summed E-state index contributed by atoms with van der Waals surface area (Å²) >= 11 is 5.82. The van der Waals surface area contributed by atoms with Crippen LogP contribution in [0.3, 0.4) is 0 Å². The summed E-state index contributed by atoms with van der Waals surface area (Å²) in [4.78, 5) is 13.1. The number of aliphatic carboxylic acids is 1. The third-order valence-electron chi connectivity index (χ3n) is 3.62. The highest BCUT2D eigenvalue weighted by atomic mass is 35.5. The van der Waals surface area contributed by atoms with Gasteiger partial charge < -0.3 is 9.84 Å². The number of rotatable bonds is 6. The molecule has 0 aromatic heterocycles. The molecule has 1 fully saturated rings. The number of carbonyl (C=O) groups is 1. The van der Waals surface area contributed by atoms with Crippen molar-refractivity contribution in [1.29, 1.82) is 0 Å². The van der Waals surface area contributed by atoms with Crippen LogP contribution in [0.25, 0.3) is 0 Å². The van der Waals surface area contributed by atoms with Gasteiger partial charge in [0.05, 0.1) is 6.42 Å². The summed E-state index contributed by atoms with van der Waals surface area (Å²) < 4.78 is 5.67. The van der Waals surface area contributed by atoms with Gasteiger partial charge in [-0.25, -0.2) is 0 Å². The molecular weight excluding hydrogens is 278 g/mol. The molecule has 0 amide bonds. The molecule has 1 aliphatic heterocycles. The van der Waals surface area contributed by atoms with E-state index in [1.165, 1.54) is 0 Å². The van der Waals surface area contributed by atoms with Crippen LogP contribution < -0.4 is 4.74 Å². The lowest BCUT2D eigenvalue weighted by atomic mass is 9.99. The summed E-state index contributed by atoms with van der Waals surface area (Å²) in [7, 11) is 0. The number of piperidine rings is 1. The SMILES string of the molecule is O=C(O)CC1CCCCN1CCOc1ccc(Cl)cc1. The predicted molar refractivity (Wildman–Crippen MR) is 78.4 cm³/mol. The van der Waals surface area contributed by atoms with Gasteiger partial charge in [0.2, 0.25) is 0 Å². The van der Waals surface area contributed by atoms with E-state index in [9.17, 15) is 4.79 Å². The Balaban J connectivity index is 1.79. The summed E-state index contributed by atoms with van der Waals surface area (Å²) in [6.45, 7) is 2.29. The van der Waals surface area contributed by atoms with Gasteiger partial charge in [-0.15, -0.1) is 0 Å². The molecule has 1 heterocycles. The number of carboxylic acids is 1. The maximum Gasteiger partial charge on any atom is 0.304 e. The van der Waals surface area contributed by atoms with E-state index in [1.54, 1.807) is 12.1 Å². The Hall–Kier alpha value is -1.26. The molecule has 1 aliphatic rings. The van der Waals surface area contributed by atoms with Crippen molar-refractivity contribution in [2.45, 2.75) is 31.7 Å². The van der Waals surface area contributed by atoms with Gasteiger partial charge in [-0.05, 0) is 43.7 Å². The third-order valence-corrected chi connectivity index (χ3v) is 3.87. The molecule has 0 bridgehead atoms. The van der Waals surface area contributed by atoms with Crippen LogP contribution in [0.5, 0.6) is 5.75 Å². The Morgan fingerprint density at radius 2 is 2.10 bits per heavy atom. The molecule has 1 aromatic rings. The number of carboxylic acid groups (broad SMARTS) is 1. The number of hydrogen-bond acceptors (Lipinski definition) is 3. The van der Waals surface area contributed by atoms with Gasteiger partial charge >= 0.3 is 5.97 Å². The zero-order valence-electron chi connectivity index (χ0n) is 11.4. The maximum atomic E-state index is 10.9. The van der Waals surface area contributed by atoms with Crippen LogP contribution in [-0.2, 0) is 4.79 Å². The highest BCUT2D eigenvalue weighted by molar-refractivity contribution is 6.30. The van der Waals surface area contributed by atoms with Crippen molar-refractivity contribution in [2.24, 2.45) is 0 Å². The average Bonchev–Trinajstić information content (AvgIpc) is 2.42. The first kappa shape index (κ1) is 15.1. The van der Waals surface area contributed by atoms with Crippen molar-refractivity contribution in [3.63, 3.8) is 0 Å². The van der Waals surface area contributed by atoms with Crippen LogP contribution in [0.4, 0.5) is 0 Å². The average molecular weight is 298 g/mol. The van der Waals surface area contributed by atoms with Crippen LogP contribution in [0.2, 0.25) is 5.02 Å². The van der Waals surface area contributed by atoms with Crippen molar-refractivity contribution in [3.8, 4) is 5.75 Å². The standard InChI is InChI=1S/C15H20ClNO3/c16-12-4-6-14(7-5-12)20-10-9-17-8-2-1-3-13(17)11-15(18)19/h4-7,13H,1-3,8-11H2,(H,18,19). The molecule has 1 aromatic carbocycles. The molecule has 0 saturated carbocycles. The number of likely N-dealkylation sites (tertiary alicyclic amines) is 1. The number of halogens is 1. The lowest BCUT2D eigenvalue weighted by Gasteiger charge is -2.34. The summed E-state index contributed by atoms with van der Waals surface area (Å²) in [5.41, 5.74) is 0. The first-order valence-electron chi connectivity index (χ1n) is 6.99. The lowest BCUT2D eigenvalue weighted by Crippen LogP contribution is -2.42. The fourth-order valence-electron chi connectivity index (χ4n) is 2.60. The largest absolute Gasteiger partial charge is 0.492 e. The first-order chi connectivity index (χ1) is 9.65. The minimum atomic E-state index is -0.722. The van der Waals surface area contributed by atoms with E-state index in [0.29, 0.717) is 11.6 Å². The molecule has 1 atom stereocenters. The van der Waals surface area contributed by atoms with Gasteiger partial charge in [0, 0.05) is 17.6 Å². The topological polar surface area (TPSA) is 49.8 Å². The summed E-state index contributed by atoms with van der Waals surface area (Å²) in [5, 5.41) is 9.63. The van der Waals surface area contributed by atoms with Crippen molar-refractivity contribution >= 4 is 17.6 Å². The summed E-state index contributed by atoms with van der Waals surface area (Å²) in [5.74, 6) is 0.0710. The Bertz CT molecular complexity index is 435. The molecule has 20 heavy (non-hydrogen) atoms. The number of ether oxygens (including phenoxy) is 1. The monoisotopic (exact) mass is 297 g/mol. The second-order valence-corrected chi connectivity index (χ2v) is 5.52. The zero-order chi connectivity index (χ0) is 14.4. The van der Waals surface area contributed by atoms with Crippen LogP contribution in [0.1, 0.15) is 25.7 Å². The number of hydrogen-bond donors (Lipinski definition) is 1. The molecule has 110 valence electrons. The molecule has 1 N–H and O–H groups in total. The van der Waals surface area contributed by atoms with Crippen LogP contribution in [0, 0.1) is 0 Å². The van der Waals surface area contributed by atoms with E-state index < -0.39 is 5.97 Å². The Morgan fingerprint density at radius 1 is 1.35 bits per heavy atom. The second kappa shape index (κ2) is 7.50. The van der Waals surface area contributed by atoms with Crippen LogP contribution in [0.15, 0.2) is 24.3 Å². The molecule has 0 aliphatic carbocycles. The number of nitrogens with zero attached hydrogens (tertiary/aromatic N) is 1. The smallest absolute Gasteiger partial charge is 0.304 e. The quantitative estimate of drug-likeness (QED) is 0.877. The molecule has 1 saturated heterocycles. The van der Waals surface area contributed by atoms with E-state index in [0.717, 1.165) is 38.1 Å². The van der Waals surface area contributed by atoms with E-state index in [-0.39, 0.29) is 12.5 Å². The van der Waals surface area contributed by atoms with Gasteiger partial charge in [0.1, 0.15) is 12.4 Å². The van der Waals surface area contributed by atoms with Crippen LogP contribution in [-0.4, -0.2) is 41.7 Å². The van der Waals surface area contributed by atoms with Gasteiger partial charge in [0.15, 0.2) is 0 Å². The minimum Gasteiger partial charge on any atom is -0.492 e. The van der Waals surface area contributed by atoms with Crippen molar-refractivity contribution in [2.75, 3.05) is 19.7 Å². The van der Waals surface area contributed by atoms with Crippen molar-refractivity contribution in [3.05, 3.63) is 29.3 Å². The highest BCUT2D eigenvalue weighted by Gasteiger charge is 2.24. The molecular formula is C15H20ClNO3. The van der Waals surface area contributed by atoms with Gasteiger partial charge in [-0.2, -0.15) is 0 Å². The molecule has 0 radical (unpaired) electrons. The fraction of sp³-hybridized carbons (Fsp3) is 0.533. The molecule has 1 unspecified atom stereocenters. The summed E-state index contributed by atoms with van der Waals surface area (Å²) in [6, 6.07) is 7.42. The Morgan fingerprint density at radius 3 is 2.80 bits per heavy atom. The molecule has 5 heteroatoms. The molecule has 0 spiro atoms. The van der Waals surface area contributed by atoms with Crippen molar-refractivity contribution in [1.82, 2.24) is 4.90 Å². The summed E-state index contributed by atoms with van der Waals surface area (Å²) in [6.07, 6.45) is 3.44. The Kier molecular flexibility index (Phi) is 5.68.